The molecule has 52 valence electrons. The van der Waals surface area contributed by atoms with Crippen molar-refractivity contribution in [2.75, 3.05) is 0 Å². The molecular weight excluding hydrogens is 192 g/mol. The molecule has 0 amide bonds. The molecule has 1 aromatic heterocycles. The molecule has 0 aliphatic heterocycles. The van der Waals surface area contributed by atoms with Gasteiger partial charge in [0.15, 0.2) is 0 Å². The highest BCUT2D eigenvalue weighted by Crippen LogP contribution is 2.12. The molecule has 0 aliphatic carbocycles. The SMILES string of the molecule is C/C=C/c1ncncc1Br. The van der Waals surface area contributed by atoms with Gasteiger partial charge in [0, 0.05) is 6.20 Å². The summed E-state index contributed by atoms with van der Waals surface area (Å²) < 4.78 is 0.924. The first kappa shape index (κ1) is 7.41. The van der Waals surface area contributed by atoms with E-state index in [1.165, 1.54) is 6.33 Å². The van der Waals surface area contributed by atoms with E-state index < -0.39 is 0 Å². The minimum absolute atomic E-state index is 0.914. The van der Waals surface area contributed by atoms with Crippen LogP contribution in [0.5, 0.6) is 0 Å². The zero-order chi connectivity index (χ0) is 7.40. The number of halogens is 1. The molecular formula is C7H7BrN2. The van der Waals surface area contributed by atoms with Crippen LogP contribution in [0.1, 0.15) is 12.6 Å². The lowest BCUT2D eigenvalue weighted by molar-refractivity contribution is 1.13. The minimum Gasteiger partial charge on any atom is -0.244 e. The zero-order valence-corrected chi connectivity index (χ0v) is 7.17. The Hall–Kier alpha value is -0.700. The third-order valence-electron chi connectivity index (χ3n) is 1.02. The second kappa shape index (κ2) is 3.46. The van der Waals surface area contributed by atoms with Gasteiger partial charge in [-0.2, -0.15) is 0 Å². The van der Waals surface area contributed by atoms with Crippen molar-refractivity contribution in [3.63, 3.8) is 0 Å². The molecule has 3 heteroatoms. The molecule has 0 bridgehead atoms. The van der Waals surface area contributed by atoms with E-state index in [0.29, 0.717) is 0 Å². The summed E-state index contributed by atoms with van der Waals surface area (Å²) in [6, 6.07) is 0. The van der Waals surface area contributed by atoms with Gasteiger partial charge in [-0.15, -0.1) is 0 Å². The lowest BCUT2D eigenvalue weighted by atomic mass is 10.4. The molecule has 0 saturated heterocycles. The van der Waals surface area contributed by atoms with Gasteiger partial charge in [-0.1, -0.05) is 6.08 Å². The second-order valence-corrected chi connectivity index (χ2v) is 2.61. The lowest BCUT2D eigenvalue weighted by Crippen LogP contribution is -1.82. The maximum absolute atomic E-state index is 4.02. The lowest BCUT2D eigenvalue weighted by Gasteiger charge is -1.92. The van der Waals surface area contributed by atoms with Crippen LogP contribution in [-0.4, -0.2) is 9.97 Å². The number of aromatic nitrogens is 2. The Bertz CT molecular complexity index is 245. The highest BCUT2D eigenvalue weighted by molar-refractivity contribution is 9.10. The van der Waals surface area contributed by atoms with Crippen molar-refractivity contribution in [3.05, 3.63) is 28.8 Å². The zero-order valence-electron chi connectivity index (χ0n) is 5.58. The molecule has 10 heavy (non-hydrogen) atoms. The number of hydrogen-bond acceptors (Lipinski definition) is 2. The van der Waals surface area contributed by atoms with E-state index in [0.717, 1.165) is 10.2 Å². The Kier molecular flexibility index (Phi) is 2.57. The van der Waals surface area contributed by atoms with Gasteiger partial charge in [0.05, 0.1) is 10.2 Å². The van der Waals surface area contributed by atoms with Crippen LogP contribution >= 0.6 is 15.9 Å². The van der Waals surface area contributed by atoms with Crippen molar-refractivity contribution in [3.8, 4) is 0 Å². The Morgan fingerprint density at radius 3 is 3.00 bits per heavy atom. The smallest absolute Gasteiger partial charge is 0.116 e. The third-order valence-corrected chi connectivity index (χ3v) is 1.63. The molecule has 0 fully saturated rings. The molecule has 0 N–H and O–H groups in total. The van der Waals surface area contributed by atoms with Gasteiger partial charge in [0.2, 0.25) is 0 Å². The van der Waals surface area contributed by atoms with Crippen LogP contribution in [-0.2, 0) is 0 Å². The average Bonchev–Trinajstić information content (AvgIpc) is 1.94. The summed E-state index contributed by atoms with van der Waals surface area (Å²) in [6.45, 7) is 1.95. The first-order valence-electron chi connectivity index (χ1n) is 2.93. The summed E-state index contributed by atoms with van der Waals surface area (Å²) >= 11 is 3.32. The molecule has 1 rings (SSSR count). The third kappa shape index (κ3) is 1.64. The molecule has 0 spiro atoms. The number of allylic oxidation sites excluding steroid dienone is 1. The fraction of sp³-hybridized carbons (Fsp3) is 0.143. The Labute approximate surface area is 68.1 Å². The van der Waals surface area contributed by atoms with Crippen molar-refractivity contribution in [1.29, 1.82) is 0 Å². The maximum Gasteiger partial charge on any atom is 0.116 e. The van der Waals surface area contributed by atoms with Gasteiger partial charge in [-0.25, -0.2) is 9.97 Å². The Morgan fingerprint density at radius 1 is 1.60 bits per heavy atom. The van der Waals surface area contributed by atoms with E-state index >= 15 is 0 Å². The van der Waals surface area contributed by atoms with Crippen LogP contribution in [0, 0.1) is 0 Å². The second-order valence-electron chi connectivity index (χ2n) is 1.76. The number of hydrogen-bond donors (Lipinski definition) is 0. The summed E-state index contributed by atoms with van der Waals surface area (Å²) in [7, 11) is 0. The van der Waals surface area contributed by atoms with Crippen molar-refractivity contribution >= 4 is 22.0 Å². The first-order chi connectivity index (χ1) is 4.84. The Balaban J connectivity index is 3.03. The van der Waals surface area contributed by atoms with Crippen molar-refractivity contribution in [2.45, 2.75) is 6.92 Å². The van der Waals surface area contributed by atoms with Gasteiger partial charge in [-0.05, 0) is 28.9 Å². The molecule has 0 saturated carbocycles. The quantitative estimate of drug-likeness (QED) is 0.693. The Morgan fingerprint density at radius 2 is 2.40 bits per heavy atom. The highest BCUT2D eigenvalue weighted by atomic mass is 79.9. The summed E-state index contributed by atoms with van der Waals surface area (Å²) in [6.07, 6.45) is 7.11. The van der Waals surface area contributed by atoms with Crippen LogP contribution < -0.4 is 0 Å². The summed E-state index contributed by atoms with van der Waals surface area (Å²) in [5.74, 6) is 0. The standard InChI is InChI=1S/C7H7BrN2/c1-2-3-7-6(8)4-9-5-10-7/h2-5H,1H3/b3-2+. The average molecular weight is 199 g/mol. The largest absolute Gasteiger partial charge is 0.244 e. The fourth-order valence-electron chi connectivity index (χ4n) is 0.603. The molecule has 0 radical (unpaired) electrons. The predicted octanol–water partition coefficient (Wildman–Crippen LogP) is 2.27. The van der Waals surface area contributed by atoms with Crippen LogP contribution in [0.4, 0.5) is 0 Å². The molecule has 0 aromatic carbocycles. The molecule has 0 atom stereocenters. The van der Waals surface area contributed by atoms with Gasteiger partial charge < -0.3 is 0 Å². The van der Waals surface area contributed by atoms with Crippen LogP contribution in [0.25, 0.3) is 6.08 Å². The molecule has 2 nitrogen and oxygen atoms in total. The van der Waals surface area contributed by atoms with Crippen LogP contribution in [0.15, 0.2) is 23.1 Å². The van der Waals surface area contributed by atoms with Gasteiger partial charge in [-0.3, -0.25) is 0 Å². The highest BCUT2D eigenvalue weighted by Gasteiger charge is 1.92. The molecule has 1 heterocycles. The normalized spacial score (nSPS) is 10.6. The molecule has 1 aromatic rings. The maximum atomic E-state index is 4.02. The monoisotopic (exact) mass is 198 g/mol. The van der Waals surface area contributed by atoms with E-state index in [-0.39, 0.29) is 0 Å². The topological polar surface area (TPSA) is 25.8 Å². The van der Waals surface area contributed by atoms with E-state index in [2.05, 4.69) is 25.9 Å². The summed E-state index contributed by atoms with van der Waals surface area (Å²) in [4.78, 5) is 7.86. The van der Waals surface area contributed by atoms with Crippen molar-refractivity contribution in [1.82, 2.24) is 9.97 Å². The summed E-state index contributed by atoms with van der Waals surface area (Å²) in [5.41, 5.74) is 0.914. The van der Waals surface area contributed by atoms with Gasteiger partial charge >= 0.3 is 0 Å². The first-order valence-corrected chi connectivity index (χ1v) is 3.72. The van der Waals surface area contributed by atoms with E-state index in [9.17, 15) is 0 Å². The molecule has 0 aliphatic rings. The van der Waals surface area contributed by atoms with Crippen LogP contribution in [0.3, 0.4) is 0 Å². The summed E-state index contributed by atoms with van der Waals surface area (Å²) in [5, 5.41) is 0. The van der Waals surface area contributed by atoms with Crippen LogP contribution in [0.2, 0.25) is 0 Å². The molecule has 0 unspecified atom stereocenters. The minimum atomic E-state index is 0.914. The predicted molar refractivity (Wildman–Crippen MR) is 44.4 cm³/mol. The van der Waals surface area contributed by atoms with E-state index in [4.69, 9.17) is 0 Å². The fourth-order valence-corrected chi connectivity index (χ4v) is 0.955. The van der Waals surface area contributed by atoms with Crippen molar-refractivity contribution < 1.29 is 0 Å². The number of rotatable bonds is 1. The van der Waals surface area contributed by atoms with E-state index in [1.807, 2.05) is 19.1 Å². The van der Waals surface area contributed by atoms with Gasteiger partial charge in [0.1, 0.15) is 6.33 Å². The van der Waals surface area contributed by atoms with Crippen molar-refractivity contribution in [2.24, 2.45) is 0 Å². The van der Waals surface area contributed by atoms with E-state index in [1.54, 1.807) is 6.20 Å². The number of nitrogens with zero attached hydrogens (tertiary/aromatic N) is 2. The van der Waals surface area contributed by atoms with Gasteiger partial charge in [0.25, 0.3) is 0 Å².